The molecule has 0 saturated heterocycles. The molecule has 0 radical (unpaired) electrons. The monoisotopic (exact) mass is 436 g/mol. The SMILES string of the molecule is CCOC(=O)C[C@H](NC(=O)CN)c1cc(Br)cc(C(C)(C)C)c1O.Cl. The maximum absolute atomic E-state index is 11.9. The number of aromatic hydroxyl groups is 1. The van der Waals surface area contributed by atoms with Gasteiger partial charge < -0.3 is 20.9 Å². The summed E-state index contributed by atoms with van der Waals surface area (Å²) in [6, 6.07) is 2.79. The molecule has 0 bridgehead atoms. The van der Waals surface area contributed by atoms with Gasteiger partial charge in [-0.25, -0.2) is 0 Å². The van der Waals surface area contributed by atoms with Gasteiger partial charge in [0.25, 0.3) is 0 Å². The second-order valence-electron chi connectivity index (χ2n) is 6.47. The number of rotatable bonds is 6. The minimum absolute atomic E-state index is 0. The molecule has 0 aromatic heterocycles. The lowest BCUT2D eigenvalue weighted by atomic mass is 9.84. The van der Waals surface area contributed by atoms with E-state index in [0.717, 1.165) is 4.47 Å². The van der Waals surface area contributed by atoms with E-state index in [1.807, 2.05) is 26.8 Å². The number of phenolic OH excluding ortho intramolecular Hbond substituents is 1. The van der Waals surface area contributed by atoms with E-state index in [1.165, 1.54) is 0 Å². The highest BCUT2D eigenvalue weighted by Gasteiger charge is 2.27. The molecule has 0 heterocycles. The number of ether oxygens (including phenoxy) is 1. The lowest BCUT2D eigenvalue weighted by molar-refractivity contribution is -0.143. The summed E-state index contributed by atoms with van der Waals surface area (Å²) in [6.45, 7) is 7.65. The second kappa shape index (κ2) is 9.99. The summed E-state index contributed by atoms with van der Waals surface area (Å²) in [5.41, 5.74) is 6.20. The molecule has 8 heteroatoms. The van der Waals surface area contributed by atoms with Crippen LogP contribution in [-0.2, 0) is 19.7 Å². The van der Waals surface area contributed by atoms with Gasteiger partial charge in [0.05, 0.1) is 25.6 Å². The molecule has 0 aliphatic heterocycles. The molecular formula is C17H26BrClN2O4. The lowest BCUT2D eigenvalue weighted by Gasteiger charge is -2.26. The zero-order valence-electron chi connectivity index (χ0n) is 14.9. The van der Waals surface area contributed by atoms with E-state index in [-0.39, 0.29) is 43.1 Å². The first-order valence-corrected chi connectivity index (χ1v) is 8.57. The van der Waals surface area contributed by atoms with E-state index >= 15 is 0 Å². The van der Waals surface area contributed by atoms with Crippen LogP contribution in [0.1, 0.15) is 51.3 Å². The van der Waals surface area contributed by atoms with Gasteiger partial charge in [-0.3, -0.25) is 9.59 Å². The molecule has 1 rings (SSSR count). The normalized spacial score (nSPS) is 12.1. The van der Waals surface area contributed by atoms with Crippen LogP contribution in [0.2, 0.25) is 0 Å². The third-order valence-corrected chi connectivity index (χ3v) is 3.94. The van der Waals surface area contributed by atoms with Crippen LogP contribution in [0.4, 0.5) is 0 Å². The number of phenols is 1. The number of carbonyl (C=O) groups is 2. The Morgan fingerprint density at radius 1 is 1.36 bits per heavy atom. The highest BCUT2D eigenvalue weighted by molar-refractivity contribution is 9.10. The van der Waals surface area contributed by atoms with Gasteiger partial charge in [0, 0.05) is 15.6 Å². The third kappa shape index (κ3) is 6.84. The zero-order chi connectivity index (χ0) is 18.5. The van der Waals surface area contributed by atoms with Crippen molar-refractivity contribution < 1.29 is 19.4 Å². The molecule has 6 nitrogen and oxygen atoms in total. The van der Waals surface area contributed by atoms with Gasteiger partial charge in [-0.2, -0.15) is 0 Å². The van der Waals surface area contributed by atoms with Crippen molar-refractivity contribution in [2.75, 3.05) is 13.2 Å². The first-order chi connectivity index (χ1) is 11.1. The van der Waals surface area contributed by atoms with Crippen molar-refractivity contribution in [3.63, 3.8) is 0 Å². The van der Waals surface area contributed by atoms with Crippen LogP contribution in [0, 0.1) is 0 Å². The number of hydrogen-bond donors (Lipinski definition) is 3. The van der Waals surface area contributed by atoms with E-state index in [1.54, 1.807) is 13.0 Å². The number of nitrogens with two attached hydrogens (primary N) is 1. The minimum atomic E-state index is -0.723. The Labute approximate surface area is 163 Å². The Morgan fingerprint density at radius 3 is 2.44 bits per heavy atom. The van der Waals surface area contributed by atoms with Gasteiger partial charge >= 0.3 is 5.97 Å². The van der Waals surface area contributed by atoms with Gasteiger partial charge in [0.1, 0.15) is 5.75 Å². The summed E-state index contributed by atoms with van der Waals surface area (Å²) in [5, 5.41) is 13.4. The van der Waals surface area contributed by atoms with E-state index in [0.29, 0.717) is 11.1 Å². The van der Waals surface area contributed by atoms with Gasteiger partial charge in [0.2, 0.25) is 5.91 Å². The lowest BCUT2D eigenvalue weighted by Crippen LogP contribution is -2.35. The largest absolute Gasteiger partial charge is 0.507 e. The molecular weight excluding hydrogens is 412 g/mol. The molecule has 0 spiro atoms. The number of esters is 1. The standard InChI is InChI=1S/C17H25BrN2O4.ClH/c1-5-24-15(22)8-13(20-14(21)9-19)11-6-10(18)7-12(16(11)23)17(2,3)4;/h6-7,13,23H,5,8-9,19H2,1-4H3,(H,20,21);1H/t13-;/m0./s1. The molecule has 0 aliphatic rings. The maximum atomic E-state index is 11.9. The van der Waals surface area contributed by atoms with Crippen LogP contribution in [0.15, 0.2) is 16.6 Å². The number of nitrogens with one attached hydrogen (secondary N) is 1. The molecule has 142 valence electrons. The number of amides is 1. The quantitative estimate of drug-likeness (QED) is 0.594. The molecule has 1 aromatic rings. The number of benzene rings is 1. The number of hydrogen-bond acceptors (Lipinski definition) is 5. The Morgan fingerprint density at radius 2 is 1.96 bits per heavy atom. The summed E-state index contributed by atoms with van der Waals surface area (Å²) < 4.78 is 5.71. The van der Waals surface area contributed by atoms with Crippen LogP contribution in [0.25, 0.3) is 0 Å². The minimum Gasteiger partial charge on any atom is -0.507 e. The van der Waals surface area contributed by atoms with Crippen molar-refractivity contribution in [2.45, 2.75) is 45.6 Å². The predicted molar refractivity (Wildman–Crippen MR) is 103 cm³/mol. The summed E-state index contributed by atoms with van der Waals surface area (Å²) in [4.78, 5) is 23.6. The van der Waals surface area contributed by atoms with Crippen LogP contribution < -0.4 is 11.1 Å². The zero-order valence-corrected chi connectivity index (χ0v) is 17.3. The molecule has 0 aliphatic carbocycles. The topological polar surface area (TPSA) is 102 Å². The van der Waals surface area contributed by atoms with Crippen LogP contribution in [0.5, 0.6) is 5.75 Å². The van der Waals surface area contributed by atoms with Crippen molar-refractivity contribution in [3.05, 3.63) is 27.7 Å². The second-order valence-corrected chi connectivity index (χ2v) is 7.39. The molecule has 25 heavy (non-hydrogen) atoms. The molecule has 0 saturated carbocycles. The highest BCUT2D eigenvalue weighted by atomic mass is 79.9. The molecule has 1 aromatic carbocycles. The Kier molecular flexibility index (Phi) is 9.47. The smallest absolute Gasteiger partial charge is 0.308 e. The first kappa shape index (κ1) is 23.7. The maximum Gasteiger partial charge on any atom is 0.308 e. The first-order valence-electron chi connectivity index (χ1n) is 7.78. The fraction of sp³-hybridized carbons (Fsp3) is 0.529. The van der Waals surface area contributed by atoms with Crippen molar-refractivity contribution in [2.24, 2.45) is 5.73 Å². The van der Waals surface area contributed by atoms with Crippen LogP contribution >= 0.6 is 28.3 Å². The van der Waals surface area contributed by atoms with Crippen molar-refractivity contribution >= 4 is 40.2 Å². The van der Waals surface area contributed by atoms with Crippen molar-refractivity contribution in [3.8, 4) is 5.75 Å². The van der Waals surface area contributed by atoms with Gasteiger partial charge in [-0.05, 0) is 24.5 Å². The Bertz CT molecular complexity index is 617. The van der Waals surface area contributed by atoms with E-state index < -0.39 is 17.9 Å². The van der Waals surface area contributed by atoms with Crippen molar-refractivity contribution in [1.29, 1.82) is 0 Å². The highest BCUT2D eigenvalue weighted by Crippen LogP contribution is 2.39. The fourth-order valence-corrected chi connectivity index (χ4v) is 2.81. The van der Waals surface area contributed by atoms with E-state index in [9.17, 15) is 14.7 Å². The summed E-state index contributed by atoms with van der Waals surface area (Å²) in [5.74, 6) is -0.824. The van der Waals surface area contributed by atoms with Gasteiger partial charge in [-0.1, -0.05) is 36.7 Å². The van der Waals surface area contributed by atoms with E-state index in [2.05, 4.69) is 21.2 Å². The molecule has 0 fully saturated rings. The molecule has 1 amide bonds. The molecule has 0 unspecified atom stereocenters. The molecule has 1 atom stereocenters. The van der Waals surface area contributed by atoms with E-state index in [4.69, 9.17) is 10.5 Å². The average Bonchev–Trinajstić information content (AvgIpc) is 2.47. The van der Waals surface area contributed by atoms with Gasteiger partial charge in [-0.15, -0.1) is 12.4 Å². The third-order valence-electron chi connectivity index (χ3n) is 3.48. The Hall–Kier alpha value is -1.31. The average molecular weight is 438 g/mol. The van der Waals surface area contributed by atoms with Crippen LogP contribution in [-0.4, -0.2) is 30.1 Å². The summed E-state index contributed by atoms with van der Waals surface area (Å²) in [6.07, 6.45) is -0.0901. The van der Waals surface area contributed by atoms with Crippen LogP contribution in [0.3, 0.4) is 0 Å². The summed E-state index contributed by atoms with van der Waals surface area (Å²) >= 11 is 3.42. The number of carbonyl (C=O) groups excluding carboxylic acids is 2. The summed E-state index contributed by atoms with van der Waals surface area (Å²) in [7, 11) is 0. The van der Waals surface area contributed by atoms with Gasteiger partial charge in [0.15, 0.2) is 0 Å². The number of halogens is 2. The molecule has 4 N–H and O–H groups in total. The predicted octanol–water partition coefficient (Wildman–Crippen LogP) is 2.94. The Balaban J connectivity index is 0.00000576. The van der Waals surface area contributed by atoms with Crippen molar-refractivity contribution in [1.82, 2.24) is 5.32 Å². The fourth-order valence-electron chi connectivity index (χ4n) is 2.34.